The number of nitrogens with zero attached hydrogens (tertiary/aromatic N) is 4. The van der Waals surface area contributed by atoms with Crippen LogP contribution in [0.3, 0.4) is 0 Å². The van der Waals surface area contributed by atoms with Gasteiger partial charge in [0.2, 0.25) is 0 Å². The van der Waals surface area contributed by atoms with Crippen LogP contribution in [0.15, 0.2) is 42.9 Å². The van der Waals surface area contributed by atoms with Crippen LogP contribution in [-0.2, 0) is 0 Å². The molecule has 1 aliphatic carbocycles. The third kappa shape index (κ3) is 3.93. The van der Waals surface area contributed by atoms with E-state index >= 15 is 0 Å². The number of nitrogens with one attached hydrogen (secondary N) is 1. The molecule has 1 fully saturated rings. The lowest BCUT2D eigenvalue weighted by atomic mass is 10.00. The fraction of sp³-hybridized carbons (Fsp3) is 0.391. The van der Waals surface area contributed by atoms with Gasteiger partial charge in [-0.05, 0) is 49.3 Å². The maximum Gasteiger partial charge on any atom is 0.141 e. The summed E-state index contributed by atoms with van der Waals surface area (Å²) in [5.41, 5.74) is 9.77. The minimum Gasteiger partial charge on any atom is -0.506 e. The molecule has 4 aromatic rings. The summed E-state index contributed by atoms with van der Waals surface area (Å²) in [6.45, 7) is 2.33. The molecule has 1 unspecified atom stereocenters. The minimum atomic E-state index is 0.188. The Hall–Kier alpha value is -2.84. The molecule has 162 valence electrons. The number of hydrogen-bond donors (Lipinski definition) is 3. The molecule has 4 N–H and O–H groups in total. The van der Waals surface area contributed by atoms with Crippen LogP contribution >= 0.6 is 11.3 Å². The van der Waals surface area contributed by atoms with Crippen molar-refractivity contribution in [2.45, 2.75) is 44.7 Å². The Morgan fingerprint density at radius 3 is 2.84 bits per heavy atom. The Morgan fingerprint density at radius 1 is 1.23 bits per heavy atom. The second-order valence-corrected chi connectivity index (χ2v) is 9.84. The zero-order valence-corrected chi connectivity index (χ0v) is 18.6. The minimum absolute atomic E-state index is 0.188. The molecule has 0 saturated heterocycles. The van der Waals surface area contributed by atoms with Crippen molar-refractivity contribution in [3.8, 4) is 22.6 Å². The quantitative estimate of drug-likeness (QED) is 0.409. The summed E-state index contributed by atoms with van der Waals surface area (Å²) in [6, 6.07) is 8.48. The number of phenols is 1. The standard InChI is InChI=1S/C23H28N6OS/c1-14-3-5-17(24)9-18(7-14)28(2)23-10-19-22(31-23)13-29(27-19)20-6-4-15(8-21(20)30)16-11-25-26-12-16/h4,6,8,10-14,17-18,30H,3,5,7,9,24H2,1-2H3,(H,25,26)/t14-,17-,18?/m1/s1. The lowest BCUT2D eigenvalue weighted by Gasteiger charge is -2.30. The van der Waals surface area contributed by atoms with E-state index < -0.39 is 0 Å². The number of benzene rings is 1. The smallest absolute Gasteiger partial charge is 0.141 e. The molecular formula is C23H28N6OS. The molecule has 0 amide bonds. The van der Waals surface area contributed by atoms with Crippen molar-refractivity contribution >= 4 is 26.6 Å². The highest BCUT2D eigenvalue weighted by Crippen LogP contribution is 2.37. The first-order valence-electron chi connectivity index (χ1n) is 10.8. The predicted octanol–water partition coefficient (Wildman–Crippen LogP) is 4.52. The third-order valence-electron chi connectivity index (χ3n) is 6.41. The SMILES string of the molecule is C[C@@H]1CC[C@@H](N)CC(N(C)c2cc3nn(-c4ccc(-c5cn[nH]c5)cc4O)cc3s2)C1. The summed E-state index contributed by atoms with van der Waals surface area (Å²) in [7, 11) is 2.18. The Morgan fingerprint density at radius 2 is 2.10 bits per heavy atom. The number of anilines is 1. The summed E-state index contributed by atoms with van der Waals surface area (Å²) in [6.07, 6.45) is 10.1. The number of aromatic nitrogens is 4. The van der Waals surface area contributed by atoms with E-state index in [9.17, 15) is 5.11 Å². The average molecular weight is 437 g/mol. The third-order valence-corrected chi connectivity index (χ3v) is 7.56. The van der Waals surface area contributed by atoms with Gasteiger partial charge >= 0.3 is 0 Å². The summed E-state index contributed by atoms with van der Waals surface area (Å²) in [4.78, 5) is 2.38. The zero-order chi connectivity index (χ0) is 21.5. The van der Waals surface area contributed by atoms with Crippen molar-refractivity contribution in [3.05, 3.63) is 42.9 Å². The number of aromatic hydroxyl groups is 1. The Balaban J connectivity index is 1.39. The number of fused-ring (bicyclic) bond motifs is 1. The van der Waals surface area contributed by atoms with Crippen molar-refractivity contribution in [2.24, 2.45) is 11.7 Å². The fourth-order valence-electron chi connectivity index (χ4n) is 4.55. The molecule has 3 aromatic heterocycles. The van der Waals surface area contributed by atoms with Gasteiger partial charge in [0.05, 0.1) is 15.9 Å². The van der Waals surface area contributed by atoms with Gasteiger partial charge in [-0.25, -0.2) is 4.68 Å². The van der Waals surface area contributed by atoms with E-state index in [-0.39, 0.29) is 11.8 Å². The van der Waals surface area contributed by atoms with Crippen molar-refractivity contribution in [1.29, 1.82) is 0 Å². The van der Waals surface area contributed by atoms with Gasteiger partial charge in [0, 0.05) is 43.2 Å². The van der Waals surface area contributed by atoms with Gasteiger partial charge in [0.25, 0.3) is 0 Å². The molecule has 1 aliphatic rings. The van der Waals surface area contributed by atoms with Crippen molar-refractivity contribution in [3.63, 3.8) is 0 Å². The second-order valence-electron chi connectivity index (χ2n) is 8.78. The molecule has 3 atom stereocenters. The number of rotatable bonds is 4. The van der Waals surface area contributed by atoms with E-state index in [1.807, 2.05) is 18.3 Å². The predicted molar refractivity (Wildman–Crippen MR) is 126 cm³/mol. The van der Waals surface area contributed by atoms with Gasteiger partial charge in [0.15, 0.2) is 0 Å². The van der Waals surface area contributed by atoms with Crippen LogP contribution in [-0.4, -0.2) is 44.2 Å². The molecule has 1 aromatic carbocycles. The molecule has 3 heterocycles. The molecule has 7 nitrogen and oxygen atoms in total. The van der Waals surface area contributed by atoms with E-state index in [2.05, 4.69) is 35.1 Å². The van der Waals surface area contributed by atoms with E-state index in [0.29, 0.717) is 17.6 Å². The fourth-order valence-corrected chi connectivity index (χ4v) is 5.60. The monoisotopic (exact) mass is 436 g/mol. The first kappa shape index (κ1) is 20.1. The molecule has 1 saturated carbocycles. The zero-order valence-electron chi connectivity index (χ0n) is 17.8. The lowest BCUT2D eigenvalue weighted by Crippen LogP contribution is -2.36. The van der Waals surface area contributed by atoms with Crippen LogP contribution < -0.4 is 10.6 Å². The van der Waals surface area contributed by atoms with Crippen LogP contribution in [0, 0.1) is 5.92 Å². The van der Waals surface area contributed by atoms with Crippen LogP contribution in [0.5, 0.6) is 5.75 Å². The van der Waals surface area contributed by atoms with Crippen molar-refractivity contribution in [2.75, 3.05) is 11.9 Å². The highest BCUT2D eigenvalue weighted by Gasteiger charge is 2.26. The summed E-state index contributed by atoms with van der Waals surface area (Å²) < 4.78 is 2.86. The number of phenolic OH excluding ortho intramolecular Hbond substituents is 1. The van der Waals surface area contributed by atoms with Crippen LogP contribution in [0.1, 0.15) is 32.6 Å². The topological polar surface area (TPSA) is 96.0 Å². The highest BCUT2D eigenvalue weighted by molar-refractivity contribution is 7.22. The normalized spacial score (nSPS) is 22.0. The van der Waals surface area contributed by atoms with Gasteiger partial charge in [-0.1, -0.05) is 13.0 Å². The summed E-state index contributed by atoms with van der Waals surface area (Å²) in [5, 5.41) is 23.3. The second kappa shape index (κ2) is 8.01. The van der Waals surface area contributed by atoms with Gasteiger partial charge in [0.1, 0.15) is 17.0 Å². The molecule has 31 heavy (non-hydrogen) atoms. The van der Waals surface area contributed by atoms with E-state index in [4.69, 9.17) is 10.8 Å². The first-order valence-corrected chi connectivity index (χ1v) is 11.6. The van der Waals surface area contributed by atoms with Gasteiger partial charge < -0.3 is 15.7 Å². The molecule has 8 heteroatoms. The molecular weight excluding hydrogens is 408 g/mol. The molecule has 0 radical (unpaired) electrons. The van der Waals surface area contributed by atoms with Crippen LogP contribution in [0.2, 0.25) is 0 Å². The van der Waals surface area contributed by atoms with Gasteiger partial charge in [-0.15, -0.1) is 11.3 Å². The highest BCUT2D eigenvalue weighted by atomic mass is 32.1. The van der Waals surface area contributed by atoms with Gasteiger partial charge in [-0.3, -0.25) is 5.10 Å². The number of nitrogens with two attached hydrogens (primary N) is 1. The van der Waals surface area contributed by atoms with Gasteiger partial charge in [-0.2, -0.15) is 10.2 Å². The van der Waals surface area contributed by atoms with E-state index in [1.54, 1.807) is 34.5 Å². The largest absolute Gasteiger partial charge is 0.506 e. The van der Waals surface area contributed by atoms with Crippen LogP contribution in [0.4, 0.5) is 5.00 Å². The molecule has 5 rings (SSSR count). The number of aromatic amines is 1. The van der Waals surface area contributed by atoms with E-state index in [1.165, 1.54) is 17.8 Å². The van der Waals surface area contributed by atoms with Crippen LogP contribution in [0.25, 0.3) is 27.0 Å². The number of hydrogen-bond acceptors (Lipinski definition) is 6. The average Bonchev–Trinajstić information content (AvgIpc) is 3.45. The molecule has 0 spiro atoms. The first-order chi connectivity index (χ1) is 15.0. The number of H-pyrrole nitrogens is 1. The maximum atomic E-state index is 10.6. The lowest BCUT2D eigenvalue weighted by molar-refractivity contribution is 0.458. The Bertz CT molecular complexity index is 1140. The number of thiophene rings is 1. The Labute approximate surface area is 185 Å². The molecule has 0 bridgehead atoms. The molecule has 0 aliphatic heterocycles. The summed E-state index contributed by atoms with van der Waals surface area (Å²) >= 11 is 1.74. The maximum absolute atomic E-state index is 10.6. The van der Waals surface area contributed by atoms with Crippen molar-refractivity contribution < 1.29 is 5.11 Å². The van der Waals surface area contributed by atoms with E-state index in [0.717, 1.165) is 34.2 Å². The summed E-state index contributed by atoms with van der Waals surface area (Å²) in [5.74, 6) is 0.889. The van der Waals surface area contributed by atoms with Crippen molar-refractivity contribution in [1.82, 2.24) is 20.0 Å². The Kier molecular flexibility index (Phi) is 5.19.